The van der Waals surface area contributed by atoms with Crippen molar-refractivity contribution in [2.75, 3.05) is 5.73 Å². The maximum absolute atomic E-state index is 11.5. The molecular weight excluding hydrogens is 270 g/mol. The van der Waals surface area contributed by atoms with E-state index in [1.807, 2.05) is 0 Å². The first-order valence-corrected chi connectivity index (χ1v) is 5.53. The zero-order valence-electron chi connectivity index (χ0n) is 8.40. The molecule has 0 unspecified atom stereocenters. The molecule has 0 saturated heterocycles. The van der Waals surface area contributed by atoms with E-state index in [1.165, 1.54) is 24.3 Å². The van der Waals surface area contributed by atoms with E-state index in [0.29, 0.717) is 6.21 Å². The van der Waals surface area contributed by atoms with Gasteiger partial charge in [0.1, 0.15) is 6.21 Å². The number of carboxylic acids is 1. The predicted octanol–water partition coefficient (Wildman–Crippen LogP) is 0.0393. The van der Waals surface area contributed by atoms with E-state index in [1.54, 1.807) is 4.83 Å². The van der Waals surface area contributed by atoms with Crippen molar-refractivity contribution in [1.29, 1.82) is 0 Å². The van der Waals surface area contributed by atoms with Crippen LogP contribution in [0.3, 0.4) is 0 Å². The summed E-state index contributed by atoms with van der Waals surface area (Å²) in [5, 5.41) is 11.3. The Balaban J connectivity index is 0.00000256. The standard InChI is InChI=1S/C8H9N3O4S.ClH/c9-6-2-1-3-7(4-6)16(14,15)11-10-5-8(12)13;/h1-5,11H,9H2,(H,12,13);1H/b10-5+;. The topological polar surface area (TPSA) is 122 Å². The number of carboxylic acid groups (broad SMARTS) is 1. The summed E-state index contributed by atoms with van der Waals surface area (Å²) in [5.41, 5.74) is 5.69. The molecule has 1 aromatic rings. The quantitative estimate of drug-likeness (QED) is 0.408. The lowest BCUT2D eigenvalue weighted by Crippen LogP contribution is -2.19. The molecule has 7 nitrogen and oxygen atoms in total. The highest BCUT2D eigenvalue weighted by Gasteiger charge is 2.12. The Kier molecular flexibility index (Phi) is 5.42. The normalized spacial score (nSPS) is 10.8. The van der Waals surface area contributed by atoms with Gasteiger partial charge < -0.3 is 10.8 Å². The molecule has 0 heterocycles. The van der Waals surface area contributed by atoms with Crippen LogP contribution in [0.2, 0.25) is 0 Å². The summed E-state index contributed by atoms with van der Waals surface area (Å²) in [6.45, 7) is 0. The minimum atomic E-state index is -3.87. The van der Waals surface area contributed by atoms with E-state index in [-0.39, 0.29) is 23.0 Å². The van der Waals surface area contributed by atoms with Gasteiger partial charge in [-0.2, -0.15) is 18.4 Å². The van der Waals surface area contributed by atoms with E-state index in [9.17, 15) is 13.2 Å². The molecule has 0 amide bonds. The number of rotatable bonds is 4. The van der Waals surface area contributed by atoms with Crippen molar-refractivity contribution in [2.24, 2.45) is 5.10 Å². The zero-order chi connectivity index (χ0) is 12.2. The predicted molar refractivity (Wildman–Crippen MR) is 64.6 cm³/mol. The first kappa shape index (κ1) is 15.2. The van der Waals surface area contributed by atoms with Gasteiger partial charge in [-0.15, -0.1) is 12.4 Å². The summed E-state index contributed by atoms with van der Waals surface area (Å²) >= 11 is 0. The molecule has 9 heteroatoms. The number of nitrogens with zero attached hydrogens (tertiary/aromatic N) is 1. The SMILES string of the molecule is Cl.Nc1cccc(S(=O)(=O)N/N=C/C(=O)O)c1. The average Bonchev–Trinajstić information content (AvgIpc) is 2.16. The summed E-state index contributed by atoms with van der Waals surface area (Å²) in [5.74, 6) is -1.35. The van der Waals surface area contributed by atoms with E-state index in [4.69, 9.17) is 10.8 Å². The van der Waals surface area contributed by atoms with Gasteiger partial charge in [0.25, 0.3) is 10.0 Å². The van der Waals surface area contributed by atoms with Gasteiger partial charge in [0.15, 0.2) is 0 Å². The second kappa shape index (κ2) is 6.06. The van der Waals surface area contributed by atoms with Crippen LogP contribution in [0.1, 0.15) is 0 Å². The molecule has 0 bridgehead atoms. The van der Waals surface area contributed by atoms with Crippen molar-refractivity contribution in [1.82, 2.24) is 4.83 Å². The molecule has 0 fully saturated rings. The Morgan fingerprint density at radius 1 is 1.47 bits per heavy atom. The van der Waals surface area contributed by atoms with Gasteiger partial charge in [0, 0.05) is 5.69 Å². The number of hydrazone groups is 1. The highest BCUT2D eigenvalue weighted by atomic mass is 35.5. The largest absolute Gasteiger partial charge is 0.477 e. The molecule has 0 aliphatic heterocycles. The molecule has 0 aliphatic carbocycles. The van der Waals surface area contributed by atoms with Gasteiger partial charge in [-0.05, 0) is 18.2 Å². The lowest BCUT2D eigenvalue weighted by Gasteiger charge is -2.03. The van der Waals surface area contributed by atoms with E-state index < -0.39 is 16.0 Å². The number of anilines is 1. The third-order valence-electron chi connectivity index (χ3n) is 1.52. The number of nitrogens with two attached hydrogens (primary N) is 1. The van der Waals surface area contributed by atoms with E-state index in [2.05, 4.69) is 5.10 Å². The summed E-state index contributed by atoms with van der Waals surface area (Å²) in [6, 6.07) is 5.54. The first-order chi connectivity index (χ1) is 7.42. The van der Waals surface area contributed by atoms with E-state index >= 15 is 0 Å². The minimum absolute atomic E-state index is 0. The van der Waals surface area contributed by atoms with Crippen LogP contribution < -0.4 is 10.6 Å². The van der Waals surface area contributed by atoms with Crippen LogP contribution in [0, 0.1) is 0 Å². The van der Waals surface area contributed by atoms with Crippen LogP contribution in [0.4, 0.5) is 5.69 Å². The van der Waals surface area contributed by atoms with Gasteiger partial charge in [0.05, 0.1) is 4.90 Å². The van der Waals surface area contributed by atoms with E-state index in [0.717, 1.165) is 0 Å². The van der Waals surface area contributed by atoms with Gasteiger partial charge in [-0.1, -0.05) is 6.07 Å². The second-order valence-electron chi connectivity index (χ2n) is 2.76. The van der Waals surface area contributed by atoms with Gasteiger partial charge in [-0.25, -0.2) is 4.79 Å². The number of halogens is 1. The molecule has 17 heavy (non-hydrogen) atoms. The summed E-state index contributed by atoms with van der Waals surface area (Å²) in [7, 11) is -3.87. The van der Waals surface area contributed by atoms with Crippen LogP contribution in [0.25, 0.3) is 0 Å². The maximum Gasteiger partial charge on any atom is 0.348 e. The van der Waals surface area contributed by atoms with Crippen molar-refractivity contribution in [3.63, 3.8) is 0 Å². The van der Waals surface area contributed by atoms with Crippen LogP contribution in [-0.4, -0.2) is 25.7 Å². The Labute approximate surface area is 104 Å². The fourth-order valence-corrected chi connectivity index (χ4v) is 1.73. The number of benzene rings is 1. The Morgan fingerprint density at radius 3 is 2.65 bits per heavy atom. The molecular formula is C8H10ClN3O4S. The average molecular weight is 280 g/mol. The molecule has 0 saturated carbocycles. The van der Waals surface area contributed by atoms with Crippen molar-refractivity contribution in [2.45, 2.75) is 4.90 Å². The third kappa shape index (κ3) is 4.70. The Bertz CT molecular complexity index is 529. The Hall–Kier alpha value is -1.80. The van der Waals surface area contributed by atoms with Gasteiger partial charge >= 0.3 is 5.97 Å². The number of aliphatic carboxylic acids is 1. The molecule has 0 atom stereocenters. The number of hydrogen-bond donors (Lipinski definition) is 3. The smallest absolute Gasteiger partial charge is 0.348 e. The lowest BCUT2D eigenvalue weighted by atomic mass is 10.3. The fourth-order valence-electron chi connectivity index (χ4n) is 0.885. The number of carbonyl (C=O) groups is 1. The first-order valence-electron chi connectivity index (χ1n) is 4.05. The minimum Gasteiger partial charge on any atom is -0.477 e. The monoisotopic (exact) mass is 279 g/mol. The molecule has 1 rings (SSSR count). The van der Waals surface area contributed by atoms with Crippen molar-refractivity contribution >= 4 is 40.3 Å². The van der Waals surface area contributed by atoms with Crippen LogP contribution >= 0.6 is 12.4 Å². The molecule has 0 spiro atoms. The number of nitrogen functional groups attached to an aromatic ring is 1. The molecule has 0 radical (unpaired) electrons. The lowest BCUT2D eigenvalue weighted by molar-refractivity contribution is -0.128. The van der Waals surface area contributed by atoms with Crippen LogP contribution in [0.15, 0.2) is 34.3 Å². The van der Waals surface area contributed by atoms with Crippen LogP contribution in [-0.2, 0) is 14.8 Å². The summed E-state index contributed by atoms with van der Waals surface area (Å²) in [6.07, 6.45) is 0.434. The summed E-state index contributed by atoms with van der Waals surface area (Å²) in [4.78, 5) is 11.7. The second-order valence-corrected chi connectivity index (χ2v) is 4.42. The van der Waals surface area contributed by atoms with Crippen LogP contribution in [0.5, 0.6) is 0 Å². The van der Waals surface area contributed by atoms with Crippen molar-refractivity contribution < 1.29 is 18.3 Å². The molecule has 4 N–H and O–H groups in total. The van der Waals surface area contributed by atoms with Crippen molar-refractivity contribution in [3.05, 3.63) is 24.3 Å². The summed E-state index contributed by atoms with van der Waals surface area (Å²) < 4.78 is 23.0. The molecule has 1 aromatic carbocycles. The fraction of sp³-hybridized carbons (Fsp3) is 0. The highest BCUT2D eigenvalue weighted by Crippen LogP contribution is 2.12. The van der Waals surface area contributed by atoms with Crippen molar-refractivity contribution in [3.8, 4) is 0 Å². The van der Waals surface area contributed by atoms with Gasteiger partial charge in [0.2, 0.25) is 0 Å². The number of sulfonamides is 1. The molecule has 0 aromatic heterocycles. The van der Waals surface area contributed by atoms with Gasteiger partial charge in [-0.3, -0.25) is 0 Å². The molecule has 94 valence electrons. The number of hydrogen-bond acceptors (Lipinski definition) is 5. The molecule has 0 aliphatic rings. The maximum atomic E-state index is 11.5. The number of nitrogens with one attached hydrogen (secondary N) is 1. The Morgan fingerprint density at radius 2 is 2.12 bits per heavy atom. The third-order valence-corrected chi connectivity index (χ3v) is 2.74. The highest BCUT2D eigenvalue weighted by molar-refractivity contribution is 7.89. The zero-order valence-corrected chi connectivity index (χ0v) is 10.0.